The van der Waals surface area contributed by atoms with Crippen molar-refractivity contribution in [1.29, 1.82) is 0 Å². The highest BCUT2D eigenvalue weighted by atomic mass is 16.5. The Morgan fingerprint density at radius 3 is 2.63 bits per heavy atom. The lowest BCUT2D eigenvalue weighted by molar-refractivity contribution is -0.124. The fraction of sp³-hybridized carbons (Fsp3) is 0.542. The Kier molecular flexibility index (Phi) is 13.9. The number of hydrogen-bond donors (Lipinski definition) is 2. The summed E-state index contributed by atoms with van der Waals surface area (Å²) in [5, 5.41) is 6.30. The van der Waals surface area contributed by atoms with Crippen molar-refractivity contribution >= 4 is 17.5 Å². The van der Waals surface area contributed by atoms with Crippen molar-refractivity contribution in [2.45, 2.75) is 46.0 Å². The third-order valence-corrected chi connectivity index (χ3v) is 4.56. The second-order valence-corrected chi connectivity index (χ2v) is 7.01. The highest BCUT2D eigenvalue weighted by Crippen LogP contribution is 2.11. The van der Waals surface area contributed by atoms with Crippen LogP contribution in [0.2, 0.25) is 0 Å². The maximum Gasteiger partial charge on any atom is 0.251 e. The molecule has 1 aliphatic rings. The maximum atomic E-state index is 12.3. The number of hydrogen-bond acceptors (Lipinski definition) is 5. The smallest absolute Gasteiger partial charge is 0.251 e. The summed E-state index contributed by atoms with van der Waals surface area (Å²) in [5.41, 5.74) is 1.97. The molecule has 0 saturated carbocycles. The topological polar surface area (TPSA) is 75.1 Å². The summed E-state index contributed by atoms with van der Waals surface area (Å²) in [5.74, 6) is 0.620. The normalized spacial score (nSPS) is 17.6. The quantitative estimate of drug-likeness (QED) is 0.272. The highest BCUT2D eigenvalue weighted by molar-refractivity contribution is 6.43. The second kappa shape index (κ2) is 16.3. The Balaban J connectivity index is 2.43. The molecule has 0 fully saturated rings. The van der Waals surface area contributed by atoms with Crippen molar-refractivity contribution in [3.8, 4) is 0 Å². The van der Waals surface area contributed by atoms with Gasteiger partial charge >= 0.3 is 0 Å². The maximum absolute atomic E-state index is 12.3. The van der Waals surface area contributed by atoms with E-state index in [0.29, 0.717) is 24.8 Å². The molecule has 1 rings (SSSR count). The summed E-state index contributed by atoms with van der Waals surface area (Å²) < 4.78 is 5.56. The number of ether oxygens (including phenoxy) is 1. The van der Waals surface area contributed by atoms with Crippen molar-refractivity contribution < 1.29 is 9.53 Å². The van der Waals surface area contributed by atoms with Crippen LogP contribution >= 0.6 is 0 Å². The van der Waals surface area contributed by atoms with Crippen LogP contribution in [0.4, 0.5) is 0 Å². The minimum atomic E-state index is -0.212. The van der Waals surface area contributed by atoms with Gasteiger partial charge in [-0.25, -0.2) is 0 Å². The van der Waals surface area contributed by atoms with Crippen LogP contribution in [0.15, 0.2) is 58.2 Å². The van der Waals surface area contributed by atoms with Gasteiger partial charge in [0.2, 0.25) is 0 Å². The van der Waals surface area contributed by atoms with E-state index in [-0.39, 0.29) is 12.5 Å². The van der Waals surface area contributed by atoms with Crippen LogP contribution in [0.3, 0.4) is 0 Å². The molecule has 2 N–H and O–H groups in total. The number of allylic oxidation sites excluding steroid dienone is 6. The van der Waals surface area contributed by atoms with Crippen LogP contribution in [0.1, 0.15) is 46.0 Å². The first kappa shape index (κ1) is 25.6. The minimum absolute atomic E-state index is 0.00939. The van der Waals surface area contributed by atoms with Crippen LogP contribution < -0.4 is 10.6 Å². The van der Waals surface area contributed by atoms with Crippen molar-refractivity contribution in [2.24, 2.45) is 15.9 Å². The monoisotopic (exact) mass is 414 g/mol. The Labute approximate surface area is 182 Å². The zero-order valence-electron chi connectivity index (χ0n) is 19.0. The van der Waals surface area contributed by atoms with Gasteiger partial charge in [0, 0.05) is 45.1 Å². The van der Waals surface area contributed by atoms with Gasteiger partial charge in [0.15, 0.2) is 0 Å². The summed E-state index contributed by atoms with van der Waals surface area (Å²) in [6.07, 6.45) is 19.3. The third kappa shape index (κ3) is 10.9. The molecule has 0 spiro atoms. The lowest BCUT2D eigenvalue weighted by Gasteiger charge is -2.15. The number of carbonyl (C=O) groups is 1. The van der Waals surface area contributed by atoms with E-state index in [1.165, 1.54) is 5.70 Å². The average molecular weight is 415 g/mol. The first-order chi connectivity index (χ1) is 14.6. The van der Waals surface area contributed by atoms with Gasteiger partial charge in [0.1, 0.15) is 12.4 Å². The van der Waals surface area contributed by atoms with Gasteiger partial charge in [-0.3, -0.25) is 14.8 Å². The van der Waals surface area contributed by atoms with E-state index in [9.17, 15) is 4.79 Å². The molecule has 0 heterocycles. The van der Waals surface area contributed by atoms with Crippen molar-refractivity contribution in [2.75, 3.05) is 33.9 Å². The zero-order valence-corrected chi connectivity index (χ0v) is 19.0. The molecule has 30 heavy (non-hydrogen) atoms. The second-order valence-electron chi connectivity index (χ2n) is 7.01. The SMILES string of the molecule is CC/C=C\C/C(=C\CC)NCCC(=NC)C(=NC)NC(=O)COCC1C=CC=CC1. The standard InChI is InChI=1S/C24H38N4O2/c1-5-7-9-15-21(12-6-2)27-17-16-22(25-3)24(26-4)28-23(29)19-30-18-20-13-10-8-11-14-20/h7-13,20,27H,5-6,14-19H2,1-4H3,(H,26,28,29)/b9-7-,21-12+,25-22?. The van der Waals surface area contributed by atoms with Crippen LogP contribution in [-0.2, 0) is 9.53 Å². The van der Waals surface area contributed by atoms with E-state index in [1.54, 1.807) is 14.1 Å². The number of aliphatic imine (C=N–C) groups is 2. The van der Waals surface area contributed by atoms with Gasteiger partial charge in [-0.1, -0.05) is 56.4 Å². The molecule has 1 atom stereocenters. The van der Waals surface area contributed by atoms with Crippen molar-refractivity contribution in [3.63, 3.8) is 0 Å². The molecule has 6 nitrogen and oxygen atoms in total. The van der Waals surface area contributed by atoms with Crippen LogP contribution in [0.25, 0.3) is 0 Å². The third-order valence-electron chi connectivity index (χ3n) is 4.56. The summed E-state index contributed by atoms with van der Waals surface area (Å²) in [6, 6.07) is 0. The molecule has 6 heteroatoms. The van der Waals surface area contributed by atoms with Gasteiger partial charge in [0.25, 0.3) is 5.91 Å². The molecule has 166 valence electrons. The fourth-order valence-electron chi connectivity index (χ4n) is 3.01. The van der Waals surface area contributed by atoms with Crippen LogP contribution in [0.5, 0.6) is 0 Å². The number of nitrogens with one attached hydrogen (secondary N) is 2. The Morgan fingerprint density at radius 1 is 1.17 bits per heavy atom. The number of carbonyl (C=O) groups excluding carboxylic acids is 1. The predicted octanol–water partition coefficient (Wildman–Crippen LogP) is 3.98. The molecule has 1 unspecified atom stereocenters. The lowest BCUT2D eigenvalue weighted by atomic mass is 10.0. The van der Waals surface area contributed by atoms with Crippen LogP contribution in [-0.4, -0.2) is 51.3 Å². The molecular formula is C24H38N4O2. The number of rotatable bonds is 13. The van der Waals surface area contributed by atoms with Crippen molar-refractivity contribution in [1.82, 2.24) is 10.6 Å². The first-order valence-corrected chi connectivity index (χ1v) is 10.9. The highest BCUT2D eigenvalue weighted by Gasteiger charge is 2.13. The van der Waals surface area contributed by atoms with E-state index in [0.717, 1.165) is 37.9 Å². The lowest BCUT2D eigenvalue weighted by Crippen LogP contribution is -2.39. The summed E-state index contributed by atoms with van der Waals surface area (Å²) >= 11 is 0. The van der Waals surface area contributed by atoms with Gasteiger partial charge in [-0.2, -0.15) is 0 Å². The molecule has 1 aliphatic carbocycles. The number of nitrogens with zero attached hydrogens (tertiary/aromatic N) is 2. The zero-order chi connectivity index (χ0) is 22.0. The minimum Gasteiger partial charge on any atom is -0.388 e. The largest absolute Gasteiger partial charge is 0.388 e. The van der Waals surface area contributed by atoms with E-state index in [1.807, 2.05) is 12.2 Å². The van der Waals surface area contributed by atoms with Crippen LogP contribution in [0, 0.1) is 5.92 Å². The number of amidine groups is 1. The predicted molar refractivity (Wildman–Crippen MR) is 127 cm³/mol. The molecule has 1 amide bonds. The van der Waals surface area contributed by atoms with Gasteiger partial charge in [0.05, 0.1) is 12.3 Å². The molecular weight excluding hydrogens is 376 g/mol. The van der Waals surface area contributed by atoms with E-state index < -0.39 is 0 Å². The summed E-state index contributed by atoms with van der Waals surface area (Å²) in [7, 11) is 3.38. The molecule has 0 aliphatic heterocycles. The molecule has 0 aromatic rings. The van der Waals surface area contributed by atoms with E-state index in [2.05, 4.69) is 64.8 Å². The van der Waals surface area contributed by atoms with E-state index >= 15 is 0 Å². The fourth-order valence-corrected chi connectivity index (χ4v) is 3.01. The van der Waals surface area contributed by atoms with E-state index in [4.69, 9.17) is 4.74 Å². The van der Waals surface area contributed by atoms with Gasteiger partial charge in [-0.05, 0) is 19.3 Å². The first-order valence-electron chi connectivity index (χ1n) is 10.9. The number of amides is 1. The Bertz CT molecular complexity index is 687. The molecule has 0 radical (unpaired) electrons. The summed E-state index contributed by atoms with van der Waals surface area (Å²) in [6.45, 7) is 5.53. The summed E-state index contributed by atoms with van der Waals surface area (Å²) in [4.78, 5) is 20.8. The molecule has 0 aromatic carbocycles. The van der Waals surface area contributed by atoms with Gasteiger partial charge in [-0.15, -0.1) is 0 Å². The molecule has 0 bridgehead atoms. The van der Waals surface area contributed by atoms with Crippen molar-refractivity contribution in [3.05, 3.63) is 48.2 Å². The average Bonchev–Trinajstić information content (AvgIpc) is 2.76. The Morgan fingerprint density at radius 2 is 2.00 bits per heavy atom. The molecule has 0 aromatic heterocycles. The Hall–Kier alpha value is -2.47. The molecule has 0 saturated heterocycles. The van der Waals surface area contributed by atoms with Gasteiger partial charge < -0.3 is 15.4 Å².